The third kappa shape index (κ3) is 4.78. The van der Waals surface area contributed by atoms with E-state index in [1.54, 1.807) is 0 Å². The lowest BCUT2D eigenvalue weighted by Gasteiger charge is -2.28. The summed E-state index contributed by atoms with van der Waals surface area (Å²) in [6, 6.07) is 1.49. The van der Waals surface area contributed by atoms with Crippen molar-refractivity contribution in [2.75, 3.05) is 5.32 Å². The summed E-state index contributed by atoms with van der Waals surface area (Å²) < 4.78 is 5.62. The Balaban J connectivity index is 1.74. The summed E-state index contributed by atoms with van der Waals surface area (Å²) in [5.74, 6) is 1.58. The van der Waals surface area contributed by atoms with E-state index in [0.29, 0.717) is 30.5 Å². The molecule has 0 bridgehead atoms. The smallest absolute Gasteiger partial charge is 0.315 e. The Bertz CT molecular complexity index is 383. The van der Waals surface area contributed by atoms with Crippen molar-refractivity contribution in [3.05, 3.63) is 5.89 Å². The minimum Gasteiger partial charge on any atom is -0.407 e. The Morgan fingerprint density at radius 3 is 2.60 bits per heavy atom. The number of hydrogen-bond donors (Lipinski definition) is 2. The van der Waals surface area contributed by atoms with Crippen LogP contribution in [0.15, 0.2) is 4.42 Å². The van der Waals surface area contributed by atoms with Crippen LogP contribution in [0.1, 0.15) is 65.2 Å². The van der Waals surface area contributed by atoms with Crippen LogP contribution < -0.4 is 10.6 Å². The van der Waals surface area contributed by atoms with E-state index in [4.69, 9.17) is 4.42 Å². The first-order valence-electron chi connectivity index (χ1n) is 7.99. The fourth-order valence-electron chi connectivity index (χ4n) is 2.85. The third-order valence-electron chi connectivity index (χ3n) is 4.00. The van der Waals surface area contributed by atoms with Crippen molar-refractivity contribution >= 4 is 6.01 Å². The van der Waals surface area contributed by atoms with E-state index in [-0.39, 0.29) is 0 Å². The molecule has 2 N–H and O–H groups in total. The van der Waals surface area contributed by atoms with Crippen molar-refractivity contribution in [2.45, 2.75) is 77.9 Å². The van der Waals surface area contributed by atoms with Crippen molar-refractivity contribution in [1.82, 2.24) is 15.5 Å². The minimum absolute atomic E-state index is 0.423. The molecule has 1 heterocycles. The quantitative estimate of drug-likeness (QED) is 0.802. The Morgan fingerprint density at radius 2 is 1.95 bits per heavy atom. The molecule has 0 unspecified atom stereocenters. The average Bonchev–Trinajstić information content (AvgIpc) is 2.87. The average molecular weight is 280 g/mol. The second-order valence-corrected chi connectivity index (χ2v) is 6.19. The summed E-state index contributed by atoms with van der Waals surface area (Å²) in [5, 5.41) is 14.8. The van der Waals surface area contributed by atoms with Gasteiger partial charge in [0.15, 0.2) is 0 Å². The van der Waals surface area contributed by atoms with Crippen LogP contribution in [0, 0.1) is 5.92 Å². The van der Waals surface area contributed by atoms with Gasteiger partial charge in [-0.1, -0.05) is 38.7 Å². The maximum Gasteiger partial charge on any atom is 0.315 e. The molecule has 0 atom stereocenters. The highest BCUT2D eigenvalue weighted by Crippen LogP contribution is 2.29. The van der Waals surface area contributed by atoms with Gasteiger partial charge in [-0.25, -0.2) is 0 Å². The van der Waals surface area contributed by atoms with Crippen LogP contribution in [-0.4, -0.2) is 22.3 Å². The highest BCUT2D eigenvalue weighted by atomic mass is 16.4. The van der Waals surface area contributed by atoms with Gasteiger partial charge in [0.2, 0.25) is 5.89 Å². The van der Waals surface area contributed by atoms with Crippen LogP contribution in [0.2, 0.25) is 0 Å². The van der Waals surface area contributed by atoms with Gasteiger partial charge in [0.05, 0.1) is 6.54 Å². The van der Waals surface area contributed by atoms with E-state index in [1.807, 2.05) is 0 Å². The zero-order chi connectivity index (χ0) is 14.4. The van der Waals surface area contributed by atoms with Gasteiger partial charge in [0, 0.05) is 12.1 Å². The van der Waals surface area contributed by atoms with Crippen molar-refractivity contribution in [3.63, 3.8) is 0 Å². The molecule has 0 aromatic carbocycles. The molecule has 1 fully saturated rings. The molecule has 0 saturated heterocycles. The molecule has 2 rings (SSSR count). The maximum absolute atomic E-state index is 5.62. The molecule has 0 aliphatic heterocycles. The first kappa shape index (κ1) is 15.3. The predicted octanol–water partition coefficient (Wildman–Crippen LogP) is 3.34. The maximum atomic E-state index is 5.62. The number of aromatic nitrogens is 2. The molecule has 1 aromatic heterocycles. The van der Waals surface area contributed by atoms with E-state index in [9.17, 15) is 0 Å². The zero-order valence-electron chi connectivity index (χ0n) is 13.0. The van der Waals surface area contributed by atoms with Gasteiger partial charge in [-0.05, 0) is 31.6 Å². The second-order valence-electron chi connectivity index (χ2n) is 6.19. The van der Waals surface area contributed by atoms with E-state index in [2.05, 4.69) is 41.6 Å². The molecular weight excluding hydrogens is 252 g/mol. The molecule has 5 nitrogen and oxygen atoms in total. The van der Waals surface area contributed by atoms with Crippen LogP contribution in [0.4, 0.5) is 6.01 Å². The summed E-state index contributed by atoms with van der Waals surface area (Å²) >= 11 is 0. The van der Waals surface area contributed by atoms with E-state index < -0.39 is 0 Å². The molecule has 1 aromatic rings. The SMILES string of the molecule is CCCC1CCC(Nc2nnc(CNC(C)C)o2)CC1. The summed E-state index contributed by atoms with van der Waals surface area (Å²) in [7, 11) is 0. The van der Waals surface area contributed by atoms with Crippen LogP contribution in [-0.2, 0) is 6.54 Å². The molecule has 1 saturated carbocycles. The first-order chi connectivity index (χ1) is 9.67. The lowest BCUT2D eigenvalue weighted by molar-refractivity contribution is 0.315. The molecule has 1 aliphatic carbocycles. The standard InChI is InChI=1S/C15H28N4O/c1-4-5-12-6-8-13(9-7-12)17-15-19-18-14(20-15)10-16-11(2)3/h11-13,16H,4-10H2,1-3H3,(H,17,19). The largest absolute Gasteiger partial charge is 0.407 e. The fourth-order valence-corrected chi connectivity index (χ4v) is 2.85. The normalized spacial score (nSPS) is 23.2. The fraction of sp³-hybridized carbons (Fsp3) is 0.867. The Hall–Kier alpha value is -1.10. The highest BCUT2D eigenvalue weighted by molar-refractivity contribution is 5.19. The van der Waals surface area contributed by atoms with Crippen LogP contribution >= 0.6 is 0 Å². The molecule has 0 amide bonds. The number of nitrogens with one attached hydrogen (secondary N) is 2. The molecule has 1 aliphatic rings. The van der Waals surface area contributed by atoms with Gasteiger partial charge in [-0.2, -0.15) is 0 Å². The summed E-state index contributed by atoms with van der Waals surface area (Å²) in [4.78, 5) is 0. The van der Waals surface area contributed by atoms with Crippen LogP contribution in [0.3, 0.4) is 0 Å². The van der Waals surface area contributed by atoms with E-state index in [0.717, 1.165) is 5.92 Å². The van der Waals surface area contributed by atoms with Crippen molar-refractivity contribution in [3.8, 4) is 0 Å². The van der Waals surface area contributed by atoms with Gasteiger partial charge in [-0.15, -0.1) is 5.10 Å². The van der Waals surface area contributed by atoms with Gasteiger partial charge < -0.3 is 15.1 Å². The van der Waals surface area contributed by atoms with Crippen molar-refractivity contribution in [1.29, 1.82) is 0 Å². The van der Waals surface area contributed by atoms with E-state index in [1.165, 1.54) is 38.5 Å². The highest BCUT2D eigenvalue weighted by Gasteiger charge is 2.21. The third-order valence-corrected chi connectivity index (χ3v) is 4.00. The Morgan fingerprint density at radius 1 is 1.20 bits per heavy atom. The monoisotopic (exact) mass is 280 g/mol. The lowest BCUT2D eigenvalue weighted by atomic mass is 9.83. The number of hydrogen-bond acceptors (Lipinski definition) is 5. The summed E-state index contributed by atoms with van der Waals surface area (Å²) in [6.45, 7) is 7.11. The molecule has 20 heavy (non-hydrogen) atoms. The summed E-state index contributed by atoms with van der Waals surface area (Å²) in [5.41, 5.74) is 0. The number of anilines is 1. The predicted molar refractivity (Wildman–Crippen MR) is 80.6 cm³/mol. The number of rotatable bonds is 7. The van der Waals surface area contributed by atoms with Crippen LogP contribution in [0.25, 0.3) is 0 Å². The van der Waals surface area contributed by atoms with Gasteiger partial charge >= 0.3 is 6.01 Å². The Kier molecular flexibility index (Phi) is 5.83. The zero-order valence-corrected chi connectivity index (χ0v) is 13.0. The van der Waals surface area contributed by atoms with Crippen molar-refractivity contribution < 1.29 is 4.42 Å². The molecule has 114 valence electrons. The lowest BCUT2D eigenvalue weighted by Crippen LogP contribution is -2.26. The van der Waals surface area contributed by atoms with Crippen LogP contribution in [0.5, 0.6) is 0 Å². The molecule has 5 heteroatoms. The minimum atomic E-state index is 0.423. The topological polar surface area (TPSA) is 63.0 Å². The van der Waals surface area contributed by atoms with Gasteiger partial charge in [0.1, 0.15) is 0 Å². The van der Waals surface area contributed by atoms with Crippen molar-refractivity contribution in [2.24, 2.45) is 5.92 Å². The molecular formula is C15H28N4O. The molecule has 0 radical (unpaired) electrons. The van der Waals surface area contributed by atoms with E-state index >= 15 is 0 Å². The molecule has 0 spiro atoms. The number of nitrogens with zero attached hydrogens (tertiary/aromatic N) is 2. The Labute approximate surface area is 121 Å². The van der Waals surface area contributed by atoms with Gasteiger partial charge in [0.25, 0.3) is 0 Å². The van der Waals surface area contributed by atoms with Gasteiger partial charge in [-0.3, -0.25) is 0 Å². The second kappa shape index (κ2) is 7.62. The summed E-state index contributed by atoms with van der Waals surface area (Å²) in [6.07, 6.45) is 7.75. The first-order valence-corrected chi connectivity index (χ1v) is 7.99.